The van der Waals surface area contributed by atoms with Crippen molar-refractivity contribution < 1.29 is 9.59 Å². The van der Waals surface area contributed by atoms with Gasteiger partial charge < -0.3 is 0 Å². The van der Waals surface area contributed by atoms with Crippen molar-refractivity contribution in [2.45, 2.75) is 112 Å². The third-order valence-corrected chi connectivity index (χ3v) is 11.1. The Labute approximate surface area is 191 Å². The summed E-state index contributed by atoms with van der Waals surface area (Å²) in [5.74, 6) is 5.25. The molecule has 1 unspecified atom stereocenters. The normalized spacial score (nSPS) is 45.7. The molecular weight excluding hydrogens is 380 g/mol. The quantitative estimate of drug-likeness (QED) is 0.439. The second-order valence-corrected chi connectivity index (χ2v) is 13.2. The molecule has 4 aliphatic rings. The molecule has 0 bridgehead atoms. The van der Waals surface area contributed by atoms with Gasteiger partial charge in [0, 0.05) is 18.3 Å². The highest BCUT2D eigenvalue weighted by molar-refractivity contribution is 5.90. The Bertz CT molecular complexity index is 695. The first-order valence-electron chi connectivity index (χ1n) is 13.6. The highest BCUT2D eigenvalue weighted by atomic mass is 16.1. The van der Waals surface area contributed by atoms with Crippen molar-refractivity contribution in [1.29, 1.82) is 0 Å². The van der Waals surface area contributed by atoms with Crippen LogP contribution in [-0.2, 0) is 9.59 Å². The van der Waals surface area contributed by atoms with Gasteiger partial charge in [-0.1, -0.05) is 53.9 Å². The molecule has 0 heterocycles. The number of carbonyl (C=O) groups excluding carboxylic acids is 2. The predicted octanol–water partition coefficient (Wildman–Crippen LogP) is 7.49. The molecule has 9 atom stereocenters. The zero-order valence-corrected chi connectivity index (χ0v) is 21.2. The van der Waals surface area contributed by atoms with Gasteiger partial charge in [0.25, 0.3) is 0 Å². The number of carbonyl (C=O) groups is 2. The third-order valence-electron chi connectivity index (χ3n) is 11.1. The lowest BCUT2D eigenvalue weighted by atomic mass is 9.42. The number of Topliss-reactive ketones (excluding diaryl/α,β-unsaturated/α-hetero) is 2. The fraction of sp³-hybridized carbons (Fsp3) is 0.931. The summed E-state index contributed by atoms with van der Waals surface area (Å²) in [6, 6.07) is 0. The van der Waals surface area contributed by atoms with Crippen LogP contribution < -0.4 is 0 Å². The molecule has 176 valence electrons. The summed E-state index contributed by atoms with van der Waals surface area (Å²) < 4.78 is 0. The monoisotopic (exact) mass is 428 g/mol. The molecule has 0 radical (unpaired) electrons. The smallest absolute Gasteiger partial charge is 0.137 e. The summed E-state index contributed by atoms with van der Waals surface area (Å²) in [5, 5.41) is 0. The van der Waals surface area contributed by atoms with Crippen LogP contribution in [-0.4, -0.2) is 11.6 Å². The number of hydrogen-bond acceptors (Lipinski definition) is 2. The first-order valence-corrected chi connectivity index (χ1v) is 13.6. The van der Waals surface area contributed by atoms with E-state index in [4.69, 9.17) is 0 Å². The zero-order valence-electron chi connectivity index (χ0n) is 21.2. The van der Waals surface area contributed by atoms with Gasteiger partial charge in [-0.25, -0.2) is 0 Å². The van der Waals surface area contributed by atoms with Crippen LogP contribution in [0.1, 0.15) is 112 Å². The Morgan fingerprint density at radius 1 is 1.00 bits per heavy atom. The summed E-state index contributed by atoms with van der Waals surface area (Å²) in [5.41, 5.74) is 0.512. The summed E-state index contributed by atoms with van der Waals surface area (Å²) >= 11 is 0. The number of hydrogen-bond donors (Lipinski definition) is 0. The lowest BCUT2D eigenvalue weighted by Gasteiger charge is -2.62. The molecule has 31 heavy (non-hydrogen) atoms. The van der Waals surface area contributed by atoms with Gasteiger partial charge in [-0.2, -0.15) is 0 Å². The molecule has 2 nitrogen and oxygen atoms in total. The maximum absolute atomic E-state index is 13.1. The van der Waals surface area contributed by atoms with Crippen molar-refractivity contribution in [3.05, 3.63) is 0 Å². The van der Waals surface area contributed by atoms with Crippen LogP contribution in [0.5, 0.6) is 0 Å². The highest BCUT2D eigenvalue weighted by Crippen LogP contribution is 2.69. The molecule has 0 aromatic rings. The van der Waals surface area contributed by atoms with Crippen molar-refractivity contribution in [2.75, 3.05) is 0 Å². The van der Waals surface area contributed by atoms with Crippen LogP contribution in [0.15, 0.2) is 0 Å². The first-order chi connectivity index (χ1) is 14.6. The van der Waals surface area contributed by atoms with Gasteiger partial charge >= 0.3 is 0 Å². The number of fused-ring (bicyclic) bond motifs is 5. The second kappa shape index (κ2) is 8.60. The lowest BCUT2D eigenvalue weighted by Crippen LogP contribution is -2.58. The molecule has 0 saturated heterocycles. The molecule has 0 spiro atoms. The second-order valence-electron chi connectivity index (χ2n) is 13.2. The first kappa shape index (κ1) is 23.5. The largest absolute Gasteiger partial charge is 0.300 e. The van der Waals surface area contributed by atoms with Gasteiger partial charge in [-0.15, -0.1) is 0 Å². The SMILES string of the molecule is CC(=O)C1C[C@@H]2[C@H](CC[C@]3(C)[C@@H]([C@H](C)CCCC(C)C)CC[C@@H]23)[C@@]2(C)CCCC(=O)[C@H]12. The van der Waals surface area contributed by atoms with E-state index >= 15 is 0 Å². The molecule has 2 heteroatoms. The lowest BCUT2D eigenvalue weighted by molar-refractivity contribution is -0.165. The third kappa shape index (κ3) is 3.86. The van der Waals surface area contributed by atoms with Crippen LogP contribution in [0.25, 0.3) is 0 Å². The average Bonchev–Trinajstić information content (AvgIpc) is 3.04. The molecule has 0 N–H and O–H groups in total. The minimum Gasteiger partial charge on any atom is -0.300 e. The van der Waals surface area contributed by atoms with Crippen LogP contribution in [0.3, 0.4) is 0 Å². The summed E-state index contributed by atoms with van der Waals surface area (Å²) in [6.45, 7) is 14.0. The highest BCUT2D eigenvalue weighted by Gasteiger charge is 2.63. The van der Waals surface area contributed by atoms with E-state index in [2.05, 4.69) is 34.6 Å². The van der Waals surface area contributed by atoms with Gasteiger partial charge in [-0.3, -0.25) is 9.59 Å². The van der Waals surface area contributed by atoms with Crippen molar-refractivity contribution >= 4 is 11.6 Å². The van der Waals surface area contributed by atoms with Gasteiger partial charge in [0.15, 0.2) is 0 Å². The van der Waals surface area contributed by atoms with Crippen LogP contribution in [0.4, 0.5) is 0 Å². The fourth-order valence-corrected chi connectivity index (χ4v) is 9.71. The topological polar surface area (TPSA) is 34.1 Å². The van der Waals surface area contributed by atoms with E-state index in [1.807, 2.05) is 0 Å². The van der Waals surface area contributed by atoms with Crippen LogP contribution >= 0.6 is 0 Å². The number of ketones is 2. The van der Waals surface area contributed by atoms with Crippen molar-refractivity contribution in [3.8, 4) is 0 Å². The van der Waals surface area contributed by atoms with Gasteiger partial charge in [0.05, 0.1) is 0 Å². The molecule has 4 fully saturated rings. The molecule has 0 aliphatic heterocycles. The Kier molecular flexibility index (Phi) is 6.52. The van der Waals surface area contributed by atoms with E-state index in [1.165, 1.54) is 44.9 Å². The number of rotatable bonds is 6. The Morgan fingerprint density at radius 2 is 1.71 bits per heavy atom. The standard InChI is InChI=1S/C29H48O2/c1-18(2)9-7-10-19(3)23-12-13-24-22-17-21(20(4)30)27-26(31)11-8-15-29(27,6)25(22)14-16-28(23,24)5/h18-19,21-25,27H,7-17H2,1-6H3/t19-,21?,22+,23-,24+,25+,27+,28-,29-/m1/s1. The molecular formula is C29H48O2. The summed E-state index contributed by atoms with van der Waals surface area (Å²) in [7, 11) is 0. The van der Waals surface area contributed by atoms with E-state index in [1.54, 1.807) is 6.92 Å². The summed E-state index contributed by atoms with van der Waals surface area (Å²) in [6.07, 6.45) is 13.4. The van der Waals surface area contributed by atoms with E-state index in [0.717, 1.165) is 42.9 Å². The average molecular weight is 429 g/mol. The van der Waals surface area contributed by atoms with Crippen LogP contribution in [0, 0.1) is 58.2 Å². The Hall–Kier alpha value is -0.660. The molecule has 4 saturated carbocycles. The van der Waals surface area contributed by atoms with E-state index in [0.29, 0.717) is 29.5 Å². The van der Waals surface area contributed by atoms with Gasteiger partial charge in [0.1, 0.15) is 11.6 Å². The molecule has 0 aromatic carbocycles. The van der Waals surface area contributed by atoms with Gasteiger partial charge in [-0.05, 0) is 98.2 Å². The summed E-state index contributed by atoms with van der Waals surface area (Å²) in [4.78, 5) is 25.8. The minimum atomic E-state index is -0.0103. The molecule has 0 amide bonds. The minimum absolute atomic E-state index is 0.0103. The van der Waals surface area contributed by atoms with Gasteiger partial charge in [0.2, 0.25) is 0 Å². The zero-order chi connectivity index (χ0) is 22.6. The van der Waals surface area contributed by atoms with E-state index < -0.39 is 0 Å². The Balaban J connectivity index is 1.57. The van der Waals surface area contributed by atoms with E-state index in [-0.39, 0.29) is 23.0 Å². The maximum Gasteiger partial charge on any atom is 0.137 e. The van der Waals surface area contributed by atoms with Crippen molar-refractivity contribution in [1.82, 2.24) is 0 Å². The van der Waals surface area contributed by atoms with E-state index in [9.17, 15) is 9.59 Å². The Morgan fingerprint density at radius 3 is 2.39 bits per heavy atom. The fourth-order valence-electron chi connectivity index (χ4n) is 9.71. The molecule has 4 rings (SSSR count). The van der Waals surface area contributed by atoms with Crippen molar-refractivity contribution in [2.24, 2.45) is 58.2 Å². The maximum atomic E-state index is 13.1. The predicted molar refractivity (Wildman–Crippen MR) is 128 cm³/mol. The molecule has 0 aromatic heterocycles. The molecule has 4 aliphatic carbocycles. The van der Waals surface area contributed by atoms with Crippen molar-refractivity contribution in [3.63, 3.8) is 0 Å². The van der Waals surface area contributed by atoms with Crippen LogP contribution in [0.2, 0.25) is 0 Å².